The number of rotatable bonds is 5. The zero-order valence-corrected chi connectivity index (χ0v) is 22.1. The van der Waals surface area contributed by atoms with E-state index in [0.717, 1.165) is 66.8 Å². The molecule has 0 aliphatic rings. The molecule has 0 atom stereocenters. The largest absolute Gasteiger partial charge is 0.456 e. The predicted molar refractivity (Wildman–Crippen MR) is 167 cm³/mol. The molecule has 0 N–H and O–H groups in total. The zero-order chi connectivity index (χ0) is 27.2. The minimum absolute atomic E-state index is 0.610. The molecule has 0 amide bonds. The predicted octanol–water partition coefficient (Wildman–Crippen LogP) is 10.5. The van der Waals surface area contributed by atoms with Crippen LogP contribution in [0.15, 0.2) is 154 Å². The van der Waals surface area contributed by atoms with E-state index in [1.807, 2.05) is 54.6 Å². The lowest BCUT2D eigenvalue weighted by atomic mass is 10.0. The molecule has 0 saturated heterocycles. The smallest absolute Gasteiger partial charge is 0.227 e. The normalized spacial score (nSPS) is 11.4. The second-order valence-electron chi connectivity index (χ2n) is 10.0. The number of fused-ring (bicyclic) bond motifs is 5. The molecule has 2 aromatic heterocycles. The van der Waals surface area contributed by atoms with Crippen LogP contribution in [0.5, 0.6) is 0 Å². The van der Waals surface area contributed by atoms with Crippen molar-refractivity contribution in [1.82, 2.24) is 4.98 Å². The van der Waals surface area contributed by atoms with Crippen molar-refractivity contribution in [2.75, 3.05) is 4.90 Å². The lowest BCUT2D eigenvalue weighted by Gasteiger charge is -2.25. The van der Waals surface area contributed by atoms with Gasteiger partial charge < -0.3 is 13.7 Å². The van der Waals surface area contributed by atoms with Gasteiger partial charge in [0.2, 0.25) is 5.89 Å². The highest BCUT2D eigenvalue weighted by atomic mass is 16.4. The van der Waals surface area contributed by atoms with E-state index in [0.29, 0.717) is 5.89 Å². The van der Waals surface area contributed by atoms with Crippen LogP contribution in [0.25, 0.3) is 55.6 Å². The van der Waals surface area contributed by atoms with E-state index in [-0.39, 0.29) is 0 Å². The van der Waals surface area contributed by atoms with Gasteiger partial charge in [-0.05, 0) is 83.9 Å². The lowest BCUT2D eigenvalue weighted by molar-refractivity contribution is 0.619. The highest BCUT2D eigenvalue weighted by molar-refractivity contribution is 6.17. The summed E-state index contributed by atoms with van der Waals surface area (Å²) in [6.07, 6.45) is 0. The van der Waals surface area contributed by atoms with Crippen molar-refractivity contribution in [1.29, 1.82) is 0 Å². The summed E-state index contributed by atoms with van der Waals surface area (Å²) in [6, 6.07) is 49.8. The molecular weight excluding hydrogens is 504 g/mol. The average Bonchev–Trinajstić information content (AvgIpc) is 3.64. The fraction of sp³-hybridized carbons (Fsp3) is 0. The summed E-state index contributed by atoms with van der Waals surface area (Å²) in [7, 11) is 0. The van der Waals surface area contributed by atoms with E-state index in [9.17, 15) is 0 Å². The Morgan fingerprint density at radius 2 is 1.02 bits per heavy atom. The first-order valence-corrected chi connectivity index (χ1v) is 13.6. The summed E-state index contributed by atoms with van der Waals surface area (Å²) in [6.45, 7) is 0. The number of furan rings is 1. The maximum absolute atomic E-state index is 6.33. The molecule has 8 aromatic rings. The minimum atomic E-state index is 0.610. The van der Waals surface area contributed by atoms with Gasteiger partial charge in [-0.2, -0.15) is 0 Å². The van der Waals surface area contributed by atoms with Crippen LogP contribution in [0.1, 0.15) is 0 Å². The van der Waals surface area contributed by atoms with Crippen molar-refractivity contribution in [3.8, 4) is 22.6 Å². The molecule has 4 nitrogen and oxygen atoms in total. The van der Waals surface area contributed by atoms with Gasteiger partial charge in [-0.1, -0.05) is 72.8 Å². The number of oxazole rings is 1. The van der Waals surface area contributed by atoms with Crippen molar-refractivity contribution in [2.24, 2.45) is 0 Å². The molecule has 0 aliphatic carbocycles. The van der Waals surface area contributed by atoms with Crippen molar-refractivity contribution < 1.29 is 8.83 Å². The lowest BCUT2D eigenvalue weighted by Crippen LogP contribution is -2.09. The van der Waals surface area contributed by atoms with Crippen molar-refractivity contribution in [3.63, 3.8) is 0 Å². The van der Waals surface area contributed by atoms with Crippen LogP contribution in [0.2, 0.25) is 0 Å². The van der Waals surface area contributed by atoms with Crippen molar-refractivity contribution in [3.05, 3.63) is 146 Å². The Morgan fingerprint density at radius 3 is 1.71 bits per heavy atom. The molecular formula is C37H24N2O2. The minimum Gasteiger partial charge on any atom is -0.456 e. The first-order valence-electron chi connectivity index (χ1n) is 13.6. The van der Waals surface area contributed by atoms with Crippen LogP contribution in [-0.4, -0.2) is 4.98 Å². The van der Waals surface area contributed by atoms with Crippen LogP contribution in [0, 0.1) is 0 Å². The Kier molecular flexibility index (Phi) is 5.42. The molecule has 0 saturated carbocycles. The third-order valence-corrected chi connectivity index (χ3v) is 7.50. The Morgan fingerprint density at radius 1 is 0.439 bits per heavy atom. The summed E-state index contributed by atoms with van der Waals surface area (Å²) in [5.74, 6) is 0.610. The molecule has 0 unspecified atom stereocenters. The van der Waals surface area contributed by atoms with Crippen molar-refractivity contribution >= 4 is 50.1 Å². The third kappa shape index (κ3) is 4.05. The molecule has 41 heavy (non-hydrogen) atoms. The Balaban J connectivity index is 1.18. The van der Waals surface area contributed by atoms with E-state index in [4.69, 9.17) is 13.8 Å². The van der Waals surface area contributed by atoms with Crippen LogP contribution < -0.4 is 4.90 Å². The summed E-state index contributed by atoms with van der Waals surface area (Å²) < 4.78 is 12.4. The van der Waals surface area contributed by atoms with Gasteiger partial charge in [-0.25, -0.2) is 4.98 Å². The highest BCUT2D eigenvalue weighted by Gasteiger charge is 2.17. The van der Waals surface area contributed by atoms with Crippen LogP contribution in [0.3, 0.4) is 0 Å². The highest BCUT2D eigenvalue weighted by Crippen LogP contribution is 2.39. The number of nitrogens with zero attached hydrogens (tertiary/aromatic N) is 2. The number of para-hydroxylation sites is 2. The fourth-order valence-electron chi connectivity index (χ4n) is 5.54. The monoisotopic (exact) mass is 528 g/mol. The van der Waals surface area contributed by atoms with Gasteiger partial charge in [-0.3, -0.25) is 0 Å². The Bertz CT molecular complexity index is 2090. The summed E-state index contributed by atoms with van der Waals surface area (Å²) in [5.41, 5.74) is 9.69. The number of benzene rings is 6. The Hall–Kier alpha value is -5.61. The van der Waals surface area contributed by atoms with Gasteiger partial charge in [0.25, 0.3) is 0 Å². The molecule has 194 valence electrons. The van der Waals surface area contributed by atoms with Gasteiger partial charge in [0.05, 0.1) is 5.39 Å². The van der Waals surface area contributed by atoms with Crippen molar-refractivity contribution in [2.45, 2.75) is 0 Å². The molecule has 0 aliphatic heterocycles. The zero-order valence-electron chi connectivity index (χ0n) is 22.1. The van der Waals surface area contributed by atoms with Gasteiger partial charge in [-0.15, -0.1) is 0 Å². The van der Waals surface area contributed by atoms with Gasteiger partial charge in [0.1, 0.15) is 16.7 Å². The molecule has 6 aromatic carbocycles. The quantitative estimate of drug-likeness (QED) is 0.223. The van der Waals surface area contributed by atoms with E-state index >= 15 is 0 Å². The topological polar surface area (TPSA) is 42.4 Å². The first kappa shape index (κ1) is 23.3. The molecule has 4 heteroatoms. The maximum atomic E-state index is 6.33. The van der Waals surface area contributed by atoms with E-state index < -0.39 is 0 Å². The molecule has 0 bridgehead atoms. The molecule has 8 rings (SSSR count). The van der Waals surface area contributed by atoms with E-state index in [1.165, 1.54) is 0 Å². The number of anilines is 3. The second kappa shape index (κ2) is 9.54. The Labute approximate surface area is 236 Å². The van der Waals surface area contributed by atoms with Gasteiger partial charge in [0, 0.05) is 28.0 Å². The number of aromatic nitrogens is 1. The molecule has 0 radical (unpaired) electrons. The van der Waals surface area contributed by atoms with Crippen LogP contribution >= 0.6 is 0 Å². The van der Waals surface area contributed by atoms with E-state index in [2.05, 4.69) is 95.9 Å². The fourth-order valence-corrected chi connectivity index (χ4v) is 5.54. The standard InChI is InChI=1S/C37H24N2O2/c1-4-10-26(11-5-1)37-38-36-33(41-37)23-22-32-35(36)31-21-18-27(24-34(31)40-32)25-16-19-30(20-17-25)39(28-12-6-2-7-13-28)29-14-8-3-9-15-29/h1-24H. The summed E-state index contributed by atoms with van der Waals surface area (Å²) in [4.78, 5) is 7.12. The number of hydrogen-bond donors (Lipinski definition) is 0. The van der Waals surface area contributed by atoms with Crippen LogP contribution in [-0.2, 0) is 0 Å². The third-order valence-electron chi connectivity index (χ3n) is 7.50. The number of hydrogen-bond acceptors (Lipinski definition) is 4. The second-order valence-corrected chi connectivity index (χ2v) is 10.0. The first-order chi connectivity index (χ1) is 20.3. The summed E-state index contributed by atoms with van der Waals surface area (Å²) >= 11 is 0. The molecule has 0 fully saturated rings. The summed E-state index contributed by atoms with van der Waals surface area (Å²) in [5, 5.41) is 2.00. The average molecular weight is 529 g/mol. The van der Waals surface area contributed by atoms with E-state index in [1.54, 1.807) is 0 Å². The van der Waals surface area contributed by atoms with Gasteiger partial charge in [0.15, 0.2) is 5.58 Å². The SMILES string of the molecule is c1ccc(-c2nc3c(ccc4oc5cc(-c6ccc(N(c7ccccc7)c7ccccc7)cc6)ccc5c43)o2)cc1. The molecule has 0 spiro atoms. The van der Waals surface area contributed by atoms with Gasteiger partial charge >= 0.3 is 0 Å². The molecule has 2 heterocycles. The van der Waals surface area contributed by atoms with Crippen LogP contribution in [0.4, 0.5) is 17.1 Å². The maximum Gasteiger partial charge on any atom is 0.227 e.